The van der Waals surface area contributed by atoms with Gasteiger partial charge in [0, 0.05) is 13.1 Å². The molecule has 2 aliphatic rings. The van der Waals surface area contributed by atoms with E-state index in [0.29, 0.717) is 25.3 Å². The maximum Gasteiger partial charge on any atom is 0.235 e. The summed E-state index contributed by atoms with van der Waals surface area (Å²) >= 11 is 0. The van der Waals surface area contributed by atoms with Crippen LogP contribution in [-0.4, -0.2) is 46.7 Å². The van der Waals surface area contributed by atoms with Gasteiger partial charge in [0.25, 0.3) is 0 Å². The average molecular weight is 265 g/mol. The number of likely N-dealkylation sites (tertiary alicyclic amines) is 1. The van der Waals surface area contributed by atoms with Crippen molar-refractivity contribution in [2.75, 3.05) is 19.6 Å². The lowest BCUT2D eigenvalue weighted by Gasteiger charge is -2.35. The van der Waals surface area contributed by atoms with E-state index in [0.717, 1.165) is 25.9 Å². The molecule has 0 aromatic heterocycles. The standard InChI is InChI=1S/C14H23N3O2/c1-13(19)5-7-17(8-6-13)9-12(18)16-14(2,10-15)11-3-4-11/h11,19H,3-9H2,1-2H3,(H,16,18). The first-order chi connectivity index (χ1) is 8.85. The van der Waals surface area contributed by atoms with Crippen molar-refractivity contribution < 1.29 is 9.90 Å². The van der Waals surface area contributed by atoms with Crippen LogP contribution in [0.2, 0.25) is 0 Å². The fourth-order valence-electron chi connectivity index (χ4n) is 2.61. The highest BCUT2D eigenvalue weighted by molar-refractivity contribution is 5.79. The molecule has 1 aliphatic carbocycles. The molecule has 2 fully saturated rings. The third-order valence-corrected chi connectivity index (χ3v) is 4.33. The van der Waals surface area contributed by atoms with Gasteiger partial charge in [-0.15, -0.1) is 0 Å². The van der Waals surface area contributed by atoms with Crippen LogP contribution < -0.4 is 5.32 Å². The van der Waals surface area contributed by atoms with Crippen LogP contribution in [0, 0.1) is 17.2 Å². The van der Waals surface area contributed by atoms with Gasteiger partial charge in [-0.2, -0.15) is 5.26 Å². The van der Waals surface area contributed by atoms with Crippen molar-refractivity contribution in [1.82, 2.24) is 10.2 Å². The quantitative estimate of drug-likeness (QED) is 0.782. The number of carbonyl (C=O) groups is 1. The second-order valence-electron chi connectivity index (χ2n) is 6.41. The van der Waals surface area contributed by atoms with E-state index < -0.39 is 11.1 Å². The summed E-state index contributed by atoms with van der Waals surface area (Å²) in [6.07, 6.45) is 3.44. The van der Waals surface area contributed by atoms with Crippen LogP contribution in [-0.2, 0) is 4.79 Å². The molecule has 1 atom stereocenters. The van der Waals surface area contributed by atoms with Crippen molar-refractivity contribution in [2.45, 2.75) is 50.7 Å². The lowest BCUT2D eigenvalue weighted by molar-refractivity contribution is -0.124. The van der Waals surface area contributed by atoms with E-state index >= 15 is 0 Å². The van der Waals surface area contributed by atoms with Crippen molar-refractivity contribution in [3.05, 3.63) is 0 Å². The summed E-state index contributed by atoms with van der Waals surface area (Å²) in [5, 5.41) is 21.9. The molecule has 5 heteroatoms. The molecule has 0 spiro atoms. The molecule has 1 aliphatic heterocycles. The van der Waals surface area contributed by atoms with Gasteiger partial charge < -0.3 is 10.4 Å². The van der Waals surface area contributed by atoms with E-state index in [2.05, 4.69) is 11.4 Å². The SMILES string of the molecule is CC1(O)CCN(CC(=O)NC(C)(C#N)C2CC2)CC1. The first-order valence-corrected chi connectivity index (χ1v) is 7.02. The van der Waals surface area contributed by atoms with E-state index in [1.165, 1.54) is 0 Å². The molecule has 1 saturated carbocycles. The monoisotopic (exact) mass is 265 g/mol. The van der Waals surface area contributed by atoms with Crippen LogP contribution in [0.3, 0.4) is 0 Å². The van der Waals surface area contributed by atoms with Crippen molar-refractivity contribution in [3.8, 4) is 6.07 Å². The molecule has 1 saturated heterocycles. The predicted octanol–water partition coefficient (Wildman–Crippen LogP) is 0.642. The van der Waals surface area contributed by atoms with Crippen LogP contribution in [0.1, 0.15) is 39.5 Å². The van der Waals surface area contributed by atoms with Gasteiger partial charge in [0.1, 0.15) is 5.54 Å². The maximum atomic E-state index is 12.0. The van der Waals surface area contributed by atoms with Gasteiger partial charge in [0.15, 0.2) is 0 Å². The van der Waals surface area contributed by atoms with E-state index in [1.54, 1.807) is 0 Å². The first kappa shape index (κ1) is 14.3. The molecular weight excluding hydrogens is 242 g/mol. The van der Waals surface area contributed by atoms with E-state index in [9.17, 15) is 15.2 Å². The van der Waals surface area contributed by atoms with Gasteiger partial charge in [0.05, 0.1) is 18.2 Å². The van der Waals surface area contributed by atoms with Crippen molar-refractivity contribution in [3.63, 3.8) is 0 Å². The van der Waals surface area contributed by atoms with Gasteiger partial charge in [-0.05, 0) is 45.4 Å². The molecule has 0 aromatic rings. The highest BCUT2D eigenvalue weighted by Gasteiger charge is 2.43. The molecule has 19 heavy (non-hydrogen) atoms. The number of nitrogens with zero attached hydrogens (tertiary/aromatic N) is 2. The number of hydrogen-bond acceptors (Lipinski definition) is 4. The van der Waals surface area contributed by atoms with Crippen LogP contribution in [0.15, 0.2) is 0 Å². The zero-order valence-corrected chi connectivity index (χ0v) is 11.8. The molecule has 1 amide bonds. The molecule has 0 aromatic carbocycles. The number of rotatable bonds is 4. The zero-order chi connectivity index (χ0) is 14.1. The number of hydrogen-bond donors (Lipinski definition) is 2. The normalized spacial score (nSPS) is 26.2. The number of amides is 1. The van der Waals surface area contributed by atoms with Gasteiger partial charge in [0.2, 0.25) is 5.91 Å². The Morgan fingerprint density at radius 1 is 1.53 bits per heavy atom. The van der Waals surface area contributed by atoms with Gasteiger partial charge in [-0.3, -0.25) is 9.69 Å². The molecule has 0 bridgehead atoms. The molecule has 0 radical (unpaired) electrons. The Labute approximate surface area is 114 Å². The Bertz CT molecular complexity index is 388. The number of nitrogens with one attached hydrogen (secondary N) is 1. The maximum absolute atomic E-state index is 12.0. The molecule has 1 unspecified atom stereocenters. The van der Waals surface area contributed by atoms with E-state index in [-0.39, 0.29) is 5.91 Å². The molecule has 2 rings (SSSR count). The minimum absolute atomic E-state index is 0.0857. The Morgan fingerprint density at radius 3 is 2.58 bits per heavy atom. The summed E-state index contributed by atoms with van der Waals surface area (Å²) in [5.41, 5.74) is -1.31. The second-order valence-corrected chi connectivity index (χ2v) is 6.41. The third kappa shape index (κ3) is 3.68. The Balaban J connectivity index is 1.80. The Hall–Kier alpha value is -1.12. The lowest BCUT2D eigenvalue weighted by atomic mass is 9.94. The summed E-state index contributed by atoms with van der Waals surface area (Å²) < 4.78 is 0. The minimum atomic E-state index is -0.710. The van der Waals surface area contributed by atoms with Crippen molar-refractivity contribution in [1.29, 1.82) is 5.26 Å². The van der Waals surface area contributed by atoms with Crippen LogP contribution in [0.25, 0.3) is 0 Å². The molecule has 106 valence electrons. The van der Waals surface area contributed by atoms with Crippen molar-refractivity contribution >= 4 is 5.91 Å². The lowest BCUT2D eigenvalue weighted by Crippen LogP contribution is -2.52. The molecular formula is C14H23N3O2. The summed E-state index contributed by atoms with van der Waals surface area (Å²) in [5.74, 6) is 0.223. The van der Waals surface area contributed by atoms with Crippen LogP contribution in [0.5, 0.6) is 0 Å². The minimum Gasteiger partial charge on any atom is -0.390 e. The van der Waals surface area contributed by atoms with E-state index in [1.807, 2.05) is 18.7 Å². The first-order valence-electron chi connectivity index (χ1n) is 7.02. The van der Waals surface area contributed by atoms with Gasteiger partial charge in [-0.1, -0.05) is 0 Å². The van der Waals surface area contributed by atoms with Crippen LogP contribution >= 0.6 is 0 Å². The fourth-order valence-corrected chi connectivity index (χ4v) is 2.61. The van der Waals surface area contributed by atoms with Gasteiger partial charge >= 0.3 is 0 Å². The smallest absolute Gasteiger partial charge is 0.235 e. The average Bonchev–Trinajstić information content (AvgIpc) is 3.16. The van der Waals surface area contributed by atoms with E-state index in [4.69, 9.17) is 0 Å². The number of aliphatic hydroxyl groups is 1. The number of piperidine rings is 1. The Kier molecular flexibility index (Phi) is 3.84. The molecule has 5 nitrogen and oxygen atoms in total. The topological polar surface area (TPSA) is 76.4 Å². The predicted molar refractivity (Wildman–Crippen MR) is 71.2 cm³/mol. The molecule has 2 N–H and O–H groups in total. The third-order valence-electron chi connectivity index (χ3n) is 4.33. The zero-order valence-electron chi connectivity index (χ0n) is 11.8. The summed E-state index contributed by atoms with van der Waals surface area (Å²) in [7, 11) is 0. The van der Waals surface area contributed by atoms with Crippen molar-refractivity contribution in [2.24, 2.45) is 5.92 Å². The summed E-state index contributed by atoms with van der Waals surface area (Å²) in [4.78, 5) is 14.1. The number of carbonyl (C=O) groups excluding carboxylic acids is 1. The molecule has 1 heterocycles. The fraction of sp³-hybridized carbons (Fsp3) is 0.857. The largest absolute Gasteiger partial charge is 0.390 e. The summed E-state index contributed by atoms with van der Waals surface area (Å²) in [6.45, 7) is 5.42. The highest BCUT2D eigenvalue weighted by atomic mass is 16.3. The number of nitriles is 1. The Morgan fingerprint density at radius 2 is 2.11 bits per heavy atom. The van der Waals surface area contributed by atoms with Crippen LogP contribution in [0.4, 0.5) is 0 Å². The van der Waals surface area contributed by atoms with Gasteiger partial charge in [-0.25, -0.2) is 0 Å². The summed E-state index contributed by atoms with van der Waals surface area (Å²) in [6, 6.07) is 2.23. The second kappa shape index (κ2) is 5.10. The highest BCUT2D eigenvalue weighted by Crippen LogP contribution is 2.39.